The lowest BCUT2D eigenvalue weighted by Crippen LogP contribution is -2.35. The smallest absolute Gasteiger partial charge is 0.289 e. The minimum absolute atomic E-state index is 0.170. The lowest BCUT2D eigenvalue weighted by Gasteiger charge is -2.16. The summed E-state index contributed by atoms with van der Waals surface area (Å²) in [6.45, 7) is 6.17. The maximum absolute atomic E-state index is 12.3. The minimum atomic E-state index is -0.197. The molecule has 0 fully saturated rings. The van der Waals surface area contributed by atoms with Crippen molar-refractivity contribution >= 4 is 34.0 Å². The van der Waals surface area contributed by atoms with Gasteiger partial charge in [-0.15, -0.1) is 11.3 Å². The number of amides is 1. The van der Waals surface area contributed by atoms with Crippen LogP contribution in [0.15, 0.2) is 5.38 Å². The number of hydrogen-bond donors (Lipinski definition) is 1. The number of carbonyl (C=O) groups is 1. The van der Waals surface area contributed by atoms with Gasteiger partial charge in [0.25, 0.3) is 5.91 Å². The van der Waals surface area contributed by atoms with Crippen LogP contribution in [-0.2, 0) is 0 Å². The van der Waals surface area contributed by atoms with Gasteiger partial charge in [0.05, 0.1) is 10.9 Å². The third-order valence-electron chi connectivity index (χ3n) is 3.56. The van der Waals surface area contributed by atoms with Gasteiger partial charge in [0.2, 0.25) is 5.82 Å². The molecule has 2 rings (SSSR count). The molecule has 0 aromatic carbocycles. The number of aryl methyl sites for hydroxylation is 1. The van der Waals surface area contributed by atoms with Crippen LogP contribution in [0.5, 0.6) is 0 Å². The summed E-state index contributed by atoms with van der Waals surface area (Å²) in [5.41, 5.74) is 0.839. The zero-order valence-corrected chi connectivity index (χ0v) is 14.0. The summed E-state index contributed by atoms with van der Waals surface area (Å²) >= 11 is 1.63. The van der Waals surface area contributed by atoms with E-state index in [2.05, 4.69) is 29.1 Å². The minimum Gasteiger partial charge on any atom is -0.362 e. The van der Waals surface area contributed by atoms with E-state index in [1.54, 1.807) is 11.3 Å². The van der Waals surface area contributed by atoms with Crippen molar-refractivity contribution < 1.29 is 4.79 Å². The molecule has 6 heteroatoms. The Hall–Kier alpha value is -1.69. The number of aromatic nitrogens is 2. The van der Waals surface area contributed by atoms with Crippen molar-refractivity contribution in [1.29, 1.82) is 0 Å². The number of carbonyl (C=O) groups excluding carboxylic acids is 1. The highest BCUT2D eigenvalue weighted by molar-refractivity contribution is 7.11. The molecule has 0 spiro atoms. The predicted octanol–water partition coefficient (Wildman–Crippen LogP) is 2.98. The molecule has 0 unspecified atom stereocenters. The quantitative estimate of drug-likeness (QED) is 0.922. The Morgan fingerprint density at radius 1 is 1.33 bits per heavy atom. The van der Waals surface area contributed by atoms with Crippen molar-refractivity contribution in [3.63, 3.8) is 0 Å². The summed E-state index contributed by atoms with van der Waals surface area (Å²) in [6.07, 6.45) is 1.81. The molecule has 0 saturated heterocycles. The Kier molecular flexibility index (Phi) is 4.77. The fourth-order valence-corrected chi connectivity index (χ4v) is 3.03. The number of thiophene rings is 1. The Balaban J connectivity index is 2.43. The van der Waals surface area contributed by atoms with Gasteiger partial charge in [-0.25, -0.2) is 9.97 Å². The molecule has 1 amide bonds. The second-order valence-corrected chi connectivity index (χ2v) is 6.39. The molecule has 0 aliphatic heterocycles. The summed E-state index contributed by atoms with van der Waals surface area (Å²) in [5, 5.41) is 6.00. The maximum atomic E-state index is 12.3. The first-order valence-corrected chi connectivity index (χ1v) is 8.09. The number of rotatable bonds is 5. The van der Waals surface area contributed by atoms with Gasteiger partial charge in [-0.3, -0.25) is 4.79 Å². The molecule has 2 heterocycles. The van der Waals surface area contributed by atoms with E-state index in [1.807, 2.05) is 31.3 Å². The van der Waals surface area contributed by atoms with Crippen LogP contribution in [-0.4, -0.2) is 36.0 Å². The van der Waals surface area contributed by atoms with Crippen molar-refractivity contribution in [2.75, 3.05) is 19.0 Å². The number of nitrogens with zero attached hydrogens (tertiary/aromatic N) is 3. The zero-order valence-electron chi connectivity index (χ0n) is 13.2. The van der Waals surface area contributed by atoms with Gasteiger partial charge in [0.15, 0.2) is 0 Å². The maximum Gasteiger partial charge on any atom is 0.289 e. The fraction of sp³-hybridized carbons (Fsp3) is 0.533. The molecule has 2 aromatic heterocycles. The molecule has 0 saturated carbocycles. The van der Waals surface area contributed by atoms with Crippen LogP contribution in [0.25, 0.3) is 10.9 Å². The van der Waals surface area contributed by atoms with Gasteiger partial charge in [0.1, 0.15) is 5.82 Å². The van der Waals surface area contributed by atoms with E-state index in [9.17, 15) is 4.79 Å². The third-order valence-corrected chi connectivity index (χ3v) is 4.46. The molecule has 0 aliphatic rings. The summed E-state index contributed by atoms with van der Waals surface area (Å²) in [6, 6.07) is 0.170. The van der Waals surface area contributed by atoms with E-state index >= 15 is 0 Å². The van der Waals surface area contributed by atoms with E-state index < -0.39 is 0 Å². The van der Waals surface area contributed by atoms with Crippen molar-refractivity contribution in [3.8, 4) is 0 Å². The first-order valence-electron chi connectivity index (χ1n) is 7.21. The average molecular weight is 306 g/mol. The molecule has 1 N–H and O–H groups in total. The van der Waals surface area contributed by atoms with Gasteiger partial charge < -0.3 is 10.2 Å². The molecule has 114 valence electrons. The summed E-state index contributed by atoms with van der Waals surface area (Å²) < 4.78 is 0. The van der Waals surface area contributed by atoms with Gasteiger partial charge in [-0.2, -0.15) is 0 Å². The molecule has 5 nitrogen and oxygen atoms in total. The largest absolute Gasteiger partial charge is 0.362 e. The van der Waals surface area contributed by atoms with E-state index in [-0.39, 0.29) is 17.8 Å². The molecule has 0 atom stereocenters. The Labute approximate surface area is 129 Å². The molecular weight excluding hydrogens is 284 g/mol. The van der Waals surface area contributed by atoms with Gasteiger partial charge in [-0.1, -0.05) is 13.8 Å². The molecule has 0 radical (unpaired) electrons. The van der Waals surface area contributed by atoms with Crippen LogP contribution in [0.2, 0.25) is 0 Å². The summed E-state index contributed by atoms with van der Waals surface area (Å²) in [5.74, 6) is 0.849. The Morgan fingerprint density at radius 2 is 2.00 bits per heavy atom. The fourth-order valence-electron chi connectivity index (χ4n) is 2.26. The topological polar surface area (TPSA) is 58.1 Å². The van der Waals surface area contributed by atoms with E-state index in [4.69, 9.17) is 0 Å². The van der Waals surface area contributed by atoms with E-state index in [1.165, 1.54) is 4.88 Å². The number of hydrogen-bond acceptors (Lipinski definition) is 5. The van der Waals surface area contributed by atoms with Crippen molar-refractivity contribution in [2.24, 2.45) is 0 Å². The number of anilines is 1. The van der Waals surface area contributed by atoms with Crippen LogP contribution in [0, 0.1) is 6.92 Å². The highest BCUT2D eigenvalue weighted by Crippen LogP contribution is 2.30. The molecular formula is C15H22N4OS. The predicted molar refractivity (Wildman–Crippen MR) is 88.3 cm³/mol. The standard InChI is InChI=1S/C15H22N4OS/c1-6-10(7-2)16-15(20)13-17-11-8-21-9(3)12(11)14(18-13)19(4)5/h8,10H,6-7H2,1-5H3,(H,16,20). The molecule has 0 aliphatic carbocycles. The normalized spacial score (nSPS) is 11.1. The first-order chi connectivity index (χ1) is 9.97. The SMILES string of the molecule is CCC(CC)NC(=O)c1nc(N(C)C)c2c(C)scc2n1. The molecule has 0 bridgehead atoms. The van der Waals surface area contributed by atoms with Crippen molar-refractivity contribution in [2.45, 2.75) is 39.7 Å². The number of fused-ring (bicyclic) bond motifs is 1. The summed E-state index contributed by atoms with van der Waals surface area (Å²) in [7, 11) is 3.86. The van der Waals surface area contributed by atoms with Crippen LogP contribution in [0.3, 0.4) is 0 Å². The van der Waals surface area contributed by atoms with Crippen molar-refractivity contribution in [1.82, 2.24) is 15.3 Å². The van der Waals surface area contributed by atoms with Crippen LogP contribution in [0.1, 0.15) is 42.2 Å². The van der Waals surface area contributed by atoms with E-state index in [0.29, 0.717) is 0 Å². The van der Waals surface area contributed by atoms with Crippen LogP contribution < -0.4 is 10.2 Å². The lowest BCUT2D eigenvalue weighted by atomic mass is 10.2. The monoisotopic (exact) mass is 306 g/mol. The highest BCUT2D eigenvalue weighted by Gasteiger charge is 2.19. The van der Waals surface area contributed by atoms with Crippen LogP contribution >= 0.6 is 11.3 Å². The van der Waals surface area contributed by atoms with Gasteiger partial charge >= 0.3 is 0 Å². The van der Waals surface area contributed by atoms with Gasteiger partial charge in [-0.05, 0) is 19.8 Å². The van der Waals surface area contributed by atoms with Crippen LogP contribution in [0.4, 0.5) is 5.82 Å². The zero-order chi connectivity index (χ0) is 15.6. The third kappa shape index (κ3) is 3.15. The molecule has 21 heavy (non-hydrogen) atoms. The van der Waals surface area contributed by atoms with Crippen molar-refractivity contribution in [3.05, 3.63) is 16.1 Å². The Morgan fingerprint density at radius 3 is 2.57 bits per heavy atom. The molecule has 2 aromatic rings. The lowest BCUT2D eigenvalue weighted by molar-refractivity contribution is 0.0925. The van der Waals surface area contributed by atoms with E-state index in [0.717, 1.165) is 29.6 Å². The second-order valence-electron chi connectivity index (χ2n) is 5.30. The van der Waals surface area contributed by atoms with Gasteiger partial charge in [0, 0.05) is 30.4 Å². The second kappa shape index (κ2) is 6.39. The highest BCUT2D eigenvalue weighted by atomic mass is 32.1. The first kappa shape index (κ1) is 15.7. The average Bonchev–Trinajstić information content (AvgIpc) is 2.85. The Bertz CT molecular complexity index is 646. The number of nitrogens with one attached hydrogen (secondary N) is 1. The summed E-state index contributed by atoms with van der Waals surface area (Å²) in [4.78, 5) is 24.3.